The molecule has 1 rings (SSSR count). The largest absolute Gasteiger partial charge is 0.381 e. The Morgan fingerprint density at radius 3 is 2.62 bits per heavy atom. The minimum Gasteiger partial charge on any atom is -0.381 e. The van der Waals surface area contributed by atoms with Crippen LogP contribution < -0.4 is 0 Å². The fourth-order valence-electron chi connectivity index (χ4n) is 1.79. The van der Waals surface area contributed by atoms with Crippen molar-refractivity contribution in [3.05, 3.63) is 0 Å². The van der Waals surface area contributed by atoms with E-state index in [2.05, 4.69) is 0 Å². The molecule has 1 aliphatic rings. The van der Waals surface area contributed by atoms with E-state index in [9.17, 15) is 4.79 Å². The van der Waals surface area contributed by atoms with Gasteiger partial charge in [0.1, 0.15) is 6.29 Å². The maximum absolute atomic E-state index is 11.1. The van der Waals surface area contributed by atoms with Gasteiger partial charge in [-0.15, -0.1) is 0 Å². The molecule has 76 valence electrons. The second-order valence-electron chi connectivity index (χ2n) is 3.56. The van der Waals surface area contributed by atoms with E-state index in [1.807, 2.05) is 13.8 Å². The highest BCUT2D eigenvalue weighted by atomic mass is 16.5. The topological polar surface area (TPSA) is 35.5 Å². The Morgan fingerprint density at radius 1 is 1.54 bits per heavy atom. The van der Waals surface area contributed by atoms with Crippen molar-refractivity contribution in [1.29, 1.82) is 0 Å². The number of hydrogen-bond acceptors (Lipinski definition) is 3. The lowest BCUT2D eigenvalue weighted by Gasteiger charge is -2.36. The summed E-state index contributed by atoms with van der Waals surface area (Å²) in [5.74, 6) is 0. The SMILES string of the molecule is CCOC(C)C1(C=O)CCOCC1. The van der Waals surface area contributed by atoms with Gasteiger partial charge in [-0.2, -0.15) is 0 Å². The highest BCUT2D eigenvalue weighted by Gasteiger charge is 2.38. The number of carbonyl (C=O) groups is 1. The molecule has 1 fully saturated rings. The highest BCUT2D eigenvalue weighted by molar-refractivity contribution is 5.60. The van der Waals surface area contributed by atoms with Gasteiger partial charge in [0.05, 0.1) is 11.5 Å². The quantitative estimate of drug-likeness (QED) is 0.623. The molecule has 0 N–H and O–H groups in total. The third kappa shape index (κ3) is 2.29. The first kappa shape index (κ1) is 10.7. The van der Waals surface area contributed by atoms with Crippen LogP contribution >= 0.6 is 0 Å². The van der Waals surface area contributed by atoms with Crippen molar-refractivity contribution < 1.29 is 14.3 Å². The van der Waals surface area contributed by atoms with Gasteiger partial charge in [0, 0.05) is 19.8 Å². The van der Waals surface area contributed by atoms with Crippen LogP contribution in [0.4, 0.5) is 0 Å². The lowest BCUT2D eigenvalue weighted by atomic mass is 9.77. The summed E-state index contributed by atoms with van der Waals surface area (Å²) in [6.07, 6.45) is 2.64. The average molecular weight is 186 g/mol. The molecular weight excluding hydrogens is 168 g/mol. The molecule has 1 unspecified atom stereocenters. The number of carbonyl (C=O) groups excluding carboxylic acids is 1. The Labute approximate surface area is 79.4 Å². The van der Waals surface area contributed by atoms with E-state index >= 15 is 0 Å². The molecule has 0 aromatic carbocycles. The Kier molecular flexibility index (Phi) is 3.88. The first-order valence-electron chi connectivity index (χ1n) is 4.91. The van der Waals surface area contributed by atoms with Crippen molar-refractivity contribution in [2.75, 3.05) is 19.8 Å². The number of ether oxygens (including phenoxy) is 2. The zero-order valence-electron chi connectivity index (χ0n) is 8.41. The zero-order chi connectivity index (χ0) is 9.73. The lowest BCUT2D eigenvalue weighted by molar-refractivity contribution is -0.135. The van der Waals surface area contributed by atoms with Crippen molar-refractivity contribution in [2.45, 2.75) is 32.8 Å². The second kappa shape index (κ2) is 4.72. The molecule has 0 saturated carbocycles. The predicted molar refractivity (Wildman–Crippen MR) is 49.6 cm³/mol. The molecule has 0 aliphatic carbocycles. The Bertz CT molecular complexity index is 162. The van der Waals surface area contributed by atoms with E-state index in [1.165, 1.54) is 0 Å². The summed E-state index contributed by atoms with van der Waals surface area (Å²) in [6, 6.07) is 0. The van der Waals surface area contributed by atoms with E-state index in [1.54, 1.807) is 0 Å². The van der Waals surface area contributed by atoms with Crippen LogP contribution in [-0.2, 0) is 14.3 Å². The minimum atomic E-state index is -0.297. The Hall–Kier alpha value is -0.410. The summed E-state index contributed by atoms with van der Waals surface area (Å²) in [5, 5.41) is 0. The first-order valence-corrected chi connectivity index (χ1v) is 4.91. The Balaban J connectivity index is 2.60. The molecule has 1 saturated heterocycles. The fraction of sp³-hybridized carbons (Fsp3) is 0.900. The third-order valence-electron chi connectivity index (χ3n) is 2.88. The summed E-state index contributed by atoms with van der Waals surface area (Å²) < 4.78 is 10.7. The molecule has 0 bridgehead atoms. The summed E-state index contributed by atoms with van der Waals surface area (Å²) >= 11 is 0. The van der Waals surface area contributed by atoms with Crippen molar-refractivity contribution in [3.63, 3.8) is 0 Å². The van der Waals surface area contributed by atoms with Crippen LogP contribution in [0.5, 0.6) is 0 Å². The number of aldehydes is 1. The smallest absolute Gasteiger partial charge is 0.128 e. The molecule has 0 amide bonds. The van der Waals surface area contributed by atoms with Gasteiger partial charge in [0.2, 0.25) is 0 Å². The van der Waals surface area contributed by atoms with Crippen LogP contribution in [0.25, 0.3) is 0 Å². The van der Waals surface area contributed by atoms with Crippen LogP contribution in [0, 0.1) is 5.41 Å². The Morgan fingerprint density at radius 2 is 2.15 bits per heavy atom. The van der Waals surface area contributed by atoms with Crippen LogP contribution in [-0.4, -0.2) is 32.2 Å². The van der Waals surface area contributed by atoms with E-state index in [-0.39, 0.29) is 11.5 Å². The van der Waals surface area contributed by atoms with Gasteiger partial charge in [0.15, 0.2) is 0 Å². The molecule has 1 heterocycles. The third-order valence-corrected chi connectivity index (χ3v) is 2.88. The van der Waals surface area contributed by atoms with Crippen LogP contribution in [0.3, 0.4) is 0 Å². The van der Waals surface area contributed by atoms with Gasteiger partial charge in [-0.1, -0.05) is 0 Å². The first-order chi connectivity index (χ1) is 6.25. The van der Waals surface area contributed by atoms with Crippen LogP contribution in [0.2, 0.25) is 0 Å². The van der Waals surface area contributed by atoms with Gasteiger partial charge >= 0.3 is 0 Å². The summed E-state index contributed by atoms with van der Waals surface area (Å²) in [6.45, 7) is 5.95. The molecule has 3 nitrogen and oxygen atoms in total. The van der Waals surface area contributed by atoms with Gasteiger partial charge in [0.25, 0.3) is 0 Å². The molecule has 1 atom stereocenters. The van der Waals surface area contributed by atoms with Crippen LogP contribution in [0.1, 0.15) is 26.7 Å². The maximum atomic E-state index is 11.1. The summed E-state index contributed by atoms with van der Waals surface area (Å²) in [5.41, 5.74) is -0.297. The van der Waals surface area contributed by atoms with Crippen molar-refractivity contribution in [1.82, 2.24) is 0 Å². The standard InChI is InChI=1S/C10H18O3/c1-3-13-9(2)10(8-11)4-6-12-7-5-10/h8-9H,3-7H2,1-2H3. The second-order valence-corrected chi connectivity index (χ2v) is 3.56. The molecule has 13 heavy (non-hydrogen) atoms. The van der Waals surface area contributed by atoms with Gasteiger partial charge < -0.3 is 14.3 Å². The molecule has 3 heteroatoms. The number of hydrogen-bond donors (Lipinski definition) is 0. The van der Waals surface area contributed by atoms with Gasteiger partial charge in [-0.3, -0.25) is 0 Å². The van der Waals surface area contributed by atoms with Crippen molar-refractivity contribution >= 4 is 6.29 Å². The summed E-state index contributed by atoms with van der Waals surface area (Å²) in [7, 11) is 0. The van der Waals surface area contributed by atoms with E-state index in [0.29, 0.717) is 19.8 Å². The van der Waals surface area contributed by atoms with E-state index in [4.69, 9.17) is 9.47 Å². The normalized spacial score (nSPS) is 23.8. The fourth-order valence-corrected chi connectivity index (χ4v) is 1.79. The zero-order valence-corrected chi connectivity index (χ0v) is 8.41. The van der Waals surface area contributed by atoms with E-state index in [0.717, 1.165) is 19.1 Å². The molecule has 0 radical (unpaired) electrons. The monoisotopic (exact) mass is 186 g/mol. The molecule has 0 aromatic rings. The van der Waals surface area contributed by atoms with Crippen LogP contribution in [0.15, 0.2) is 0 Å². The molecule has 0 spiro atoms. The van der Waals surface area contributed by atoms with Crippen molar-refractivity contribution in [2.24, 2.45) is 5.41 Å². The average Bonchev–Trinajstić information content (AvgIpc) is 2.19. The highest BCUT2D eigenvalue weighted by Crippen LogP contribution is 2.33. The van der Waals surface area contributed by atoms with E-state index < -0.39 is 0 Å². The molecule has 1 aliphatic heterocycles. The maximum Gasteiger partial charge on any atom is 0.128 e. The van der Waals surface area contributed by atoms with Crippen molar-refractivity contribution in [3.8, 4) is 0 Å². The predicted octanol–water partition coefficient (Wildman–Crippen LogP) is 1.41. The van der Waals surface area contributed by atoms with Gasteiger partial charge in [-0.05, 0) is 26.7 Å². The minimum absolute atomic E-state index is 0.0129. The molecule has 0 aromatic heterocycles. The number of rotatable bonds is 4. The lowest BCUT2D eigenvalue weighted by Crippen LogP contribution is -2.41. The summed E-state index contributed by atoms with van der Waals surface area (Å²) in [4.78, 5) is 11.1. The molecular formula is C10H18O3. The van der Waals surface area contributed by atoms with Gasteiger partial charge in [-0.25, -0.2) is 0 Å².